The molecule has 5 N–H and O–H groups in total. The first-order valence-corrected chi connectivity index (χ1v) is 30.3. The van der Waals surface area contributed by atoms with Crippen molar-refractivity contribution in [3.8, 4) is 0 Å². The van der Waals surface area contributed by atoms with Crippen LogP contribution in [0.25, 0.3) is 0 Å². The summed E-state index contributed by atoms with van der Waals surface area (Å²) in [7, 11) is -2.38. The molecule has 412 valence electrons. The van der Waals surface area contributed by atoms with E-state index in [1.54, 1.807) is 0 Å². The van der Waals surface area contributed by atoms with Crippen LogP contribution in [0.1, 0.15) is 181 Å². The Morgan fingerprint density at radius 2 is 1.04 bits per heavy atom. The summed E-state index contributed by atoms with van der Waals surface area (Å²) in [5, 5.41) is 26.1. The maximum absolute atomic E-state index is 12.5. The van der Waals surface area contributed by atoms with Gasteiger partial charge in [-0.2, -0.15) is 0 Å². The Hall–Kier alpha value is -1.52. The Kier molecular flexibility index (Phi) is 36.2. The molecule has 7 unspecified atom stereocenters. The van der Waals surface area contributed by atoms with Crippen LogP contribution in [0.3, 0.4) is 0 Å². The van der Waals surface area contributed by atoms with Gasteiger partial charge in [0.05, 0.1) is 62.3 Å². The first-order chi connectivity index (χ1) is 33.1. The summed E-state index contributed by atoms with van der Waals surface area (Å²) in [4.78, 5) is 65.9. The molecule has 0 aromatic rings. The molecule has 0 radical (unpaired) electrons. The standard InChI is InChI=1S/C52H102N4O12P2/c1-7-9-11-21-29-45-35-36-46(30-22-17-16-20-26-34-52(60)54-38-28-40-56(5,6)42-48(58)44-68-70(64,65)66)50(49(45)31-23-12-10-8-2)32-24-18-14-13-15-19-25-33-51(59)53-37-27-39-55(3,4)41-47(57)43-67-69(61,62)63/h24,32,35-36,45-50,57-58H,7-23,25-31,33-34,37-44H2,1-6H3,(H4-2,53,54,59,60,61,62,63,64,65,66)/p-1/b32-24-. The predicted molar refractivity (Wildman–Crippen MR) is 275 cm³/mol. The number of nitrogens with zero attached hydrogens (tertiary/aromatic N) is 2. The molecule has 1 rings (SSSR count). The fraction of sp³-hybridized carbons (Fsp3) is 0.885. The molecular weight excluding hydrogens is 935 g/mol. The molecule has 0 heterocycles. The summed E-state index contributed by atoms with van der Waals surface area (Å²) in [5.41, 5.74) is 0. The van der Waals surface area contributed by atoms with Crippen LogP contribution in [-0.2, 0) is 27.8 Å². The maximum Gasteiger partial charge on any atom is 0.265 e. The Morgan fingerprint density at radius 1 is 0.614 bits per heavy atom. The Bertz CT molecular complexity index is 1520. The average Bonchev–Trinajstić information content (AvgIpc) is 3.27. The Labute approximate surface area is 424 Å². The molecule has 0 spiro atoms. The minimum Gasteiger partial charge on any atom is -0.790 e. The van der Waals surface area contributed by atoms with Gasteiger partial charge in [0.1, 0.15) is 25.3 Å². The number of likely N-dealkylation sites (N-methyl/N-ethyl adjacent to an activating group) is 2. The number of allylic oxidation sites excluding steroid dienone is 4. The number of aliphatic hydroxyl groups is 2. The number of hydrogen-bond acceptors (Lipinski definition) is 11. The van der Waals surface area contributed by atoms with Crippen LogP contribution in [0.4, 0.5) is 0 Å². The fourth-order valence-corrected chi connectivity index (χ4v) is 10.7. The van der Waals surface area contributed by atoms with Gasteiger partial charge in [0.2, 0.25) is 11.8 Å². The van der Waals surface area contributed by atoms with Crippen LogP contribution < -0.4 is 25.3 Å². The van der Waals surface area contributed by atoms with Gasteiger partial charge in [-0.3, -0.25) is 14.2 Å². The number of rotatable bonds is 45. The lowest BCUT2D eigenvalue weighted by Gasteiger charge is -2.39. The van der Waals surface area contributed by atoms with Crippen molar-refractivity contribution in [2.75, 3.05) is 80.7 Å². The highest BCUT2D eigenvalue weighted by Gasteiger charge is 2.34. The molecular formula is C52H101N4O12P2-. The van der Waals surface area contributed by atoms with Crippen molar-refractivity contribution in [2.45, 2.75) is 193 Å². The Morgan fingerprint density at radius 3 is 1.54 bits per heavy atom. The maximum atomic E-state index is 12.5. The molecule has 1 aliphatic rings. The summed E-state index contributed by atoms with van der Waals surface area (Å²) in [6.07, 6.45) is 36.5. The van der Waals surface area contributed by atoms with Crippen LogP contribution in [0.5, 0.6) is 0 Å². The van der Waals surface area contributed by atoms with Crippen molar-refractivity contribution in [3.05, 3.63) is 24.3 Å². The van der Waals surface area contributed by atoms with Crippen LogP contribution in [0.15, 0.2) is 24.3 Å². The molecule has 0 saturated carbocycles. The van der Waals surface area contributed by atoms with E-state index < -0.39 is 41.1 Å². The third kappa shape index (κ3) is 37.2. The zero-order valence-electron chi connectivity index (χ0n) is 44.6. The summed E-state index contributed by atoms with van der Waals surface area (Å²) in [6.45, 7) is 6.40. The molecule has 0 fully saturated rings. The number of aliphatic hydroxyl groups excluding tert-OH is 2. The average molecular weight is 1040 g/mol. The van der Waals surface area contributed by atoms with Gasteiger partial charge in [-0.15, -0.1) is 0 Å². The third-order valence-electron chi connectivity index (χ3n) is 13.8. The van der Waals surface area contributed by atoms with E-state index in [-0.39, 0.29) is 24.9 Å². The lowest BCUT2D eigenvalue weighted by molar-refractivity contribution is -0.893. The fourth-order valence-electron chi connectivity index (χ4n) is 10.0. The first-order valence-electron chi connectivity index (χ1n) is 27.3. The van der Waals surface area contributed by atoms with Crippen molar-refractivity contribution < 1.29 is 66.5 Å². The molecule has 0 aromatic heterocycles. The number of carbonyl (C=O) groups excluding carboxylic acids is 2. The van der Waals surface area contributed by atoms with Gasteiger partial charge >= 0.3 is 0 Å². The summed E-state index contributed by atoms with van der Waals surface area (Å²) in [5.74, 6) is 2.58. The first kappa shape index (κ1) is 66.5. The number of amides is 2. The van der Waals surface area contributed by atoms with Crippen molar-refractivity contribution in [3.63, 3.8) is 0 Å². The molecule has 0 aliphatic heterocycles. The van der Waals surface area contributed by atoms with E-state index in [2.05, 4.69) is 57.8 Å². The van der Waals surface area contributed by atoms with Crippen LogP contribution >= 0.6 is 15.6 Å². The van der Waals surface area contributed by atoms with E-state index >= 15 is 0 Å². The molecule has 0 aromatic carbocycles. The van der Waals surface area contributed by atoms with E-state index in [4.69, 9.17) is 4.89 Å². The molecule has 70 heavy (non-hydrogen) atoms. The van der Waals surface area contributed by atoms with Crippen LogP contribution in [-0.4, -0.2) is 129 Å². The van der Waals surface area contributed by atoms with Gasteiger partial charge in [-0.05, 0) is 68.6 Å². The number of phosphoric acid groups is 2. The van der Waals surface area contributed by atoms with E-state index in [1.807, 2.05) is 28.2 Å². The third-order valence-corrected chi connectivity index (χ3v) is 14.7. The molecule has 7 atom stereocenters. The number of nitrogens with one attached hydrogen (secondary N) is 2. The van der Waals surface area contributed by atoms with E-state index in [1.165, 1.54) is 83.5 Å². The molecule has 1 aliphatic carbocycles. The molecule has 16 nitrogen and oxygen atoms in total. The van der Waals surface area contributed by atoms with E-state index in [0.717, 1.165) is 57.8 Å². The van der Waals surface area contributed by atoms with Gasteiger partial charge in [0.25, 0.3) is 7.82 Å². The summed E-state index contributed by atoms with van der Waals surface area (Å²) < 4.78 is 30.8. The van der Waals surface area contributed by atoms with Crippen LogP contribution in [0, 0.1) is 23.7 Å². The van der Waals surface area contributed by atoms with E-state index in [0.29, 0.717) is 84.5 Å². The normalized spacial score (nSPS) is 19.6. The number of phosphoric ester groups is 2. The summed E-state index contributed by atoms with van der Waals surface area (Å²) in [6, 6.07) is 0. The quantitative estimate of drug-likeness (QED) is 0.0176. The second kappa shape index (κ2) is 38.1. The molecule has 2 amide bonds. The molecule has 0 bridgehead atoms. The number of unbranched alkanes of at least 4 members (excludes halogenated alkanes) is 15. The smallest absolute Gasteiger partial charge is 0.265 e. The van der Waals surface area contributed by atoms with Gasteiger partial charge in [-0.1, -0.05) is 134 Å². The lowest BCUT2D eigenvalue weighted by atomic mass is 9.66. The monoisotopic (exact) mass is 1040 g/mol. The minimum atomic E-state index is -5.12. The highest BCUT2D eigenvalue weighted by Crippen LogP contribution is 2.43. The Balaban J connectivity index is 2.55. The van der Waals surface area contributed by atoms with Gasteiger partial charge in [-0.25, -0.2) is 0 Å². The van der Waals surface area contributed by atoms with E-state index in [9.17, 15) is 43.6 Å². The van der Waals surface area contributed by atoms with Gasteiger partial charge in [0, 0.05) is 38.8 Å². The lowest BCUT2D eigenvalue weighted by Crippen LogP contribution is -2.48. The minimum absolute atomic E-state index is 0.0474. The second-order valence-electron chi connectivity index (χ2n) is 21.6. The van der Waals surface area contributed by atoms with Crippen molar-refractivity contribution >= 4 is 27.5 Å². The zero-order chi connectivity index (χ0) is 52.3. The molecule has 0 saturated heterocycles. The predicted octanol–water partition coefficient (Wildman–Crippen LogP) is 7.19. The highest BCUT2D eigenvalue weighted by atomic mass is 31.2. The number of quaternary nitrogens is 2. The number of carbonyl (C=O) groups is 2. The molecule has 18 heteroatoms. The van der Waals surface area contributed by atoms with Crippen LogP contribution in [0.2, 0.25) is 0 Å². The largest absolute Gasteiger partial charge is 0.790 e. The van der Waals surface area contributed by atoms with Crippen molar-refractivity contribution in [1.82, 2.24) is 10.6 Å². The highest BCUT2D eigenvalue weighted by molar-refractivity contribution is 7.44. The van der Waals surface area contributed by atoms with Gasteiger partial charge < -0.3 is 63.0 Å². The van der Waals surface area contributed by atoms with Crippen molar-refractivity contribution in [1.29, 1.82) is 0 Å². The topological polar surface area (TPSA) is 241 Å². The second-order valence-corrected chi connectivity index (χ2v) is 23.9. The zero-order valence-corrected chi connectivity index (χ0v) is 46.4. The van der Waals surface area contributed by atoms with Crippen molar-refractivity contribution in [2.24, 2.45) is 23.7 Å². The summed E-state index contributed by atoms with van der Waals surface area (Å²) >= 11 is 0. The SMILES string of the molecule is CCCCCCC1C=CC(CCCCCCCC(=O)NCCC[N+](C)(C)CC(O)COP(=O)([O-])O)C(/C=C\CCCCCCCC(=O)NCCC[N+](C)(C)CC(O)COP(=O)([O-])[O-])C1CCCCCC. The van der Waals surface area contributed by atoms with Gasteiger partial charge in [0.15, 0.2) is 0 Å². The number of hydrogen-bond donors (Lipinski definition) is 5.